The lowest BCUT2D eigenvalue weighted by molar-refractivity contribution is -0.135. The Balaban J connectivity index is 1.45. The van der Waals surface area contributed by atoms with Gasteiger partial charge in [-0.15, -0.1) is 0 Å². The second kappa shape index (κ2) is 10.1. The van der Waals surface area contributed by atoms with Gasteiger partial charge in [-0.1, -0.05) is 56.3 Å². The van der Waals surface area contributed by atoms with Crippen LogP contribution < -0.4 is 0 Å². The monoisotopic (exact) mass is 434 g/mol. The van der Waals surface area contributed by atoms with Crippen molar-refractivity contribution >= 4 is 5.91 Å². The van der Waals surface area contributed by atoms with Gasteiger partial charge in [-0.3, -0.25) is 9.69 Å². The number of phenols is 1. The standard InChI is InChI=1S/C28H38N2O2/c1-20(2)14-28(32)29(19-22-8-5-4-6-9-22)21(3)18-30-25-12-13-26(30)16-24(15-25)23-10-7-11-27(31)17-23/h4-11,17,20-21,24-26,31H,12-16,18-19H2,1-3H3/t21-,24?,25-,26+/m1/s1. The zero-order chi connectivity index (χ0) is 22.7. The highest BCUT2D eigenvalue weighted by Gasteiger charge is 2.42. The van der Waals surface area contributed by atoms with Crippen LogP contribution >= 0.6 is 0 Å². The summed E-state index contributed by atoms with van der Waals surface area (Å²) in [6.45, 7) is 8.09. The smallest absolute Gasteiger partial charge is 0.223 e. The van der Waals surface area contributed by atoms with Crippen LogP contribution in [0.15, 0.2) is 54.6 Å². The third kappa shape index (κ3) is 5.35. The maximum absolute atomic E-state index is 13.2. The molecule has 2 aliphatic heterocycles. The molecule has 1 unspecified atom stereocenters. The predicted molar refractivity (Wildman–Crippen MR) is 130 cm³/mol. The lowest BCUT2D eigenvalue weighted by atomic mass is 9.85. The normalized spacial score (nSPS) is 23.9. The molecule has 0 radical (unpaired) electrons. The number of phenolic OH excluding ortho intramolecular Hbond substituents is 1. The van der Waals surface area contributed by atoms with Crippen LogP contribution in [0.1, 0.15) is 69.9 Å². The Morgan fingerprint density at radius 1 is 1.03 bits per heavy atom. The van der Waals surface area contributed by atoms with Crippen molar-refractivity contribution in [1.82, 2.24) is 9.80 Å². The van der Waals surface area contributed by atoms with Gasteiger partial charge in [0.1, 0.15) is 5.75 Å². The molecule has 0 spiro atoms. The maximum Gasteiger partial charge on any atom is 0.223 e. The number of rotatable bonds is 8. The predicted octanol–water partition coefficient (Wildman–Crippen LogP) is 5.57. The van der Waals surface area contributed by atoms with E-state index in [1.54, 1.807) is 6.07 Å². The van der Waals surface area contributed by atoms with Crippen LogP contribution in [0.25, 0.3) is 0 Å². The fraction of sp³-hybridized carbons (Fsp3) is 0.536. The third-order valence-corrected chi connectivity index (χ3v) is 7.33. The summed E-state index contributed by atoms with van der Waals surface area (Å²) in [5, 5.41) is 9.91. The van der Waals surface area contributed by atoms with Gasteiger partial charge in [-0.25, -0.2) is 0 Å². The lowest BCUT2D eigenvalue weighted by Gasteiger charge is -2.42. The van der Waals surface area contributed by atoms with Crippen LogP contribution in [0, 0.1) is 5.92 Å². The van der Waals surface area contributed by atoms with Gasteiger partial charge in [-0.05, 0) is 67.7 Å². The van der Waals surface area contributed by atoms with E-state index in [4.69, 9.17) is 0 Å². The highest BCUT2D eigenvalue weighted by atomic mass is 16.3. The number of aromatic hydroxyl groups is 1. The van der Waals surface area contributed by atoms with E-state index < -0.39 is 0 Å². The summed E-state index contributed by atoms with van der Waals surface area (Å²) in [6.07, 6.45) is 5.37. The number of carbonyl (C=O) groups is 1. The van der Waals surface area contributed by atoms with Gasteiger partial charge in [0.05, 0.1) is 0 Å². The van der Waals surface area contributed by atoms with Crippen molar-refractivity contribution in [3.63, 3.8) is 0 Å². The molecule has 2 aromatic carbocycles. The average molecular weight is 435 g/mol. The van der Waals surface area contributed by atoms with E-state index in [0.29, 0.717) is 42.6 Å². The second-order valence-electron chi connectivity index (χ2n) is 10.3. The molecule has 1 N–H and O–H groups in total. The van der Waals surface area contributed by atoms with E-state index >= 15 is 0 Å². The molecular weight excluding hydrogens is 396 g/mol. The Morgan fingerprint density at radius 2 is 1.72 bits per heavy atom. The molecule has 2 fully saturated rings. The van der Waals surface area contributed by atoms with Gasteiger partial charge in [0.15, 0.2) is 0 Å². The van der Waals surface area contributed by atoms with E-state index in [0.717, 1.165) is 19.4 Å². The molecule has 2 aromatic rings. The van der Waals surface area contributed by atoms with Crippen molar-refractivity contribution in [1.29, 1.82) is 0 Å². The number of hydrogen-bond acceptors (Lipinski definition) is 3. The summed E-state index contributed by atoms with van der Waals surface area (Å²) in [5.74, 6) is 1.51. The van der Waals surface area contributed by atoms with Crippen LogP contribution in [0.5, 0.6) is 5.75 Å². The third-order valence-electron chi connectivity index (χ3n) is 7.33. The van der Waals surface area contributed by atoms with Crippen LogP contribution in [-0.4, -0.2) is 45.5 Å². The van der Waals surface area contributed by atoms with E-state index in [9.17, 15) is 9.90 Å². The highest BCUT2D eigenvalue weighted by molar-refractivity contribution is 5.76. The van der Waals surface area contributed by atoms with Crippen LogP contribution in [0.2, 0.25) is 0 Å². The molecule has 0 aliphatic carbocycles. The van der Waals surface area contributed by atoms with Crippen molar-refractivity contribution in [2.24, 2.45) is 5.92 Å². The Kier molecular flexibility index (Phi) is 7.20. The molecule has 0 aromatic heterocycles. The van der Waals surface area contributed by atoms with Gasteiger partial charge in [-0.2, -0.15) is 0 Å². The molecule has 1 amide bonds. The molecule has 2 heterocycles. The lowest BCUT2D eigenvalue weighted by Crippen LogP contribution is -2.50. The summed E-state index contributed by atoms with van der Waals surface area (Å²) in [5.41, 5.74) is 2.47. The molecule has 0 saturated carbocycles. The topological polar surface area (TPSA) is 43.8 Å². The number of hydrogen-bond donors (Lipinski definition) is 1. The molecule has 4 rings (SSSR count). The zero-order valence-corrected chi connectivity index (χ0v) is 19.8. The van der Waals surface area contributed by atoms with E-state index in [1.807, 2.05) is 18.2 Å². The van der Waals surface area contributed by atoms with Crippen molar-refractivity contribution in [2.45, 2.75) is 83.5 Å². The first-order chi connectivity index (χ1) is 15.4. The summed E-state index contributed by atoms with van der Waals surface area (Å²) in [4.78, 5) is 18.0. The van der Waals surface area contributed by atoms with Crippen LogP contribution in [-0.2, 0) is 11.3 Å². The fourth-order valence-electron chi connectivity index (χ4n) is 5.76. The summed E-state index contributed by atoms with van der Waals surface area (Å²) >= 11 is 0. The van der Waals surface area contributed by atoms with Gasteiger partial charge < -0.3 is 10.0 Å². The Bertz CT molecular complexity index is 883. The number of piperidine rings is 1. The number of nitrogens with zero attached hydrogens (tertiary/aromatic N) is 2. The molecule has 4 atom stereocenters. The molecule has 2 bridgehead atoms. The Morgan fingerprint density at radius 3 is 2.34 bits per heavy atom. The van der Waals surface area contributed by atoms with Crippen molar-refractivity contribution in [2.75, 3.05) is 6.54 Å². The Labute approximate surface area is 193 Å². The Hall–Kier alpha value is -2.33. The fourth-order valence-corrected chi connectivity index (χ4v) is 5.76. The first-order valence-electron chi connectivity index (χ1n) is 12.3. The van der Waals surface area contributed by atoms with Gasteiger partial charge >= 0.3 is 0 Å². The van der Waals surface area contributed by atoms with E-state index in [2.05, 4.69) is 60.9 Å². The first-order valence-corrected chi connectivity index (χ1v) is 12.3. The summed E-state index contributed by atoms with van der Waals surface area (Å²) in [6, 6.07) is 19.5. The second-order valence-corrected chi connectivity index (χ2v) is 10.3. The molecule has 2 aliphatic rings. The van der Waals surface area contributed by atoms with Gasteiger partial charge in [0.25, 0.3) is 0 Å². The minimum Gasteiger partial charge on any atom is -0.508 e. The molecule has 4 nitrogen and oxygen atoms in total. The van der Waals surface area contributed by atoms with Gasteiger partial charge in [0.2, 0.25) is 5.91 Å². The van der Waals surface area contributed by atoms with Crippen molar-refractivity contribution in [3.05, 3.63) is 65.7 Å². The maximum atomic E-state index is 13.2. The van der Waals surface area contributed by atoms with Crippen LogP contribution in [0.4, 0.5) is 0 Å². The molecule has 4 heteroatoms. The SMILES string of the molecule is CC(C)CC(=O)N(Cc1ccccc1)[C@H](C)CN1[C@@H]2CC[C@H]1CC(c1cccc(O)c1)C2. The molecule has 32 heavy (non-hydrogen) atoms. The quantitative estimate of drug-likeness (QED) is 0.591. The number of benzene rings is 2. The van der Waals surface area contributed by atoms with Crippen molar-refractivity contribution < 1.29 is 9.90 Å². The number of fused-ring (bicyclic) bond motifs is 2. The number of amides is 1. The molecular formula is C28H38N2O2. The van der Waals surface area contributed by atoms with Crippen LogP contribution in [0.3, 0.4) is 0 Å². The molecule has 172 valence electrons. The van der Waals surface area contributed by atoms with Crippen molar-refractivity contribution in [3.8, 4) is 5.75 Å². The minimum atomic E-state index is 0.182. The van der Waals surface area contributed by atoms with Gasteiger partial charge in [0, 0.05) is 37.6 Å². The first kappa shape index (κ1) is 22.8. The van der Waals surface area contributed by atoms with E-state index in [1.165, 1.54) is 24.0 Å². The largest absolute Gasteiger partial charge is 0.508 e. The average Bonchev–Trinajstić information content (AvgIpc) is 2.99. The molecule has 2 saturated heterocycles. The number of carbonyl (C=O) groups excluding carboxylic acids is 1. The highest BCUT2D eigenvalue weighted by Crippen LogP contribution is 2.43. The zero-order valence-electron chi connectivity index (χ0n) is 19.8. The minimum absolute atomic E-state index is 0.182. The van der Waals surface area contributed by atoms with E-state index in [-0.39, 0.29) is 11.9 Å². The summed E-state index contributed by atoms with van der Waals surface area (Å²) < 4.78 is 0. The summed E-state index contributed by atoms with van der Waals surface area (Å²) in [7, 11) is 0.